The molecular formula is C12H14ClN3. The molecule has 0 unspecified atom stereocenters. The predicted molar refractivity (Wildman–Crippen MR) is 65.5 cm³/mol. The van der Waals surface area contributed by atoms with E-state index in [1.165, 1.54) is 11.3 Å². The smallest absolute Gasteiger partial charge is 0.0663 e. The molecule has 1 heterocycles. The van der Waals surface area contributed by atoms with Crippen molar-refractivity contribution in [2.24, 2.45) is 0 Å². The zero-order valence-electron chi connectivity index (χ0n) is 9.15. The Labute approximate surface area is 100 Å². The lowest BCUT2D eigenvalue weighted by molar-refractivity contribution is 0.622. The second-order valence-corrected chi connectivity index (χ2v) is 4.07. The molecule has 1 N–H and O–H groups in total. The fraction of sp³-hybridized carbons (Fsp3) is 0.250. The molecule has 0 bridgehead atoms. The summed E-state index contributed by atoms with van der Waals surface area (Å²) in [7, 11) is 1.93. The molecule has 0 aliphatic heterocycles. The quantitative estimate of drug-likeness (QED) is 0.882. The number of aromatic nitrogens is 2. The normalized spacial score (nSPS) is 10.6. The molecule has 2 aromatic rings. The van der Waals surface area contributed by atoms with E-state index >= 15 is 0 Å². The number of nitrogens with zero attached hydrogens (tertiary/aromatic N) is 2. The molecule has 0 amide bonds. The monoisotopic (exact) mass is 235 g/mol. The van der Waals surface area contributed by atoms with Gasteiger partial charge >= 0.3 is 0 Å². The summed E-state index contributed by atoms with van der Waals surface area (Å²) in [6.45, 7) is 1.61. The van der Waals surface area contributed by atoms with Crippen LogP contribution in [0.5, 0.6) is 0 Å². The van der Waals surface area contributed by atoms with Crippen molar-refractivity contribution in [2.75, 3.05) is 7.05 Å². The van der Waals surface area contributed by atoms with Crippen LogP contribution in [-0.2, 0) is 13.1 Å². The highest BCUT2D eigenvalue weighted by Gasteiger charge is 2.02. The average Bonchev–Trinajstić information content (AvgIpc) is 2.70. The number of rotatable bonds is 4. The third kappa shape index (κ3) is 2.62. The van der Waals surface area contributed by atoms with E-state index in [0.29, 0.717) is 0 Å². The summed E-state index contributed by atoms with van der Waals surface area (Å²) in [5.74, 6) is 0. The van der Waals surface area contributed by atoms with Crippen LogP contribution < -0.4 is 5.32 Å². The van der Waals surface area contributed by atoms with Crippen molar-refractivity contribution in [3.63, 3.8) is 0 Å². The minimum absolute atomic E-state index is 0.764. The van der Waals surface area contributed by atoms with E-state index < -0.39 is 0 Å². The van der Waals surface area contributed by atoms with Gasteiger partial charge in [-0.05, 0) is 30.8 Å². The van der Waals surface area contributed by atoms with Crippen LogP contribution in [0, 0.1) is 0 Å². The highest BCUT2D eigenvalue weighted by Crippen LogP contribution is 2.11. The Kier molecular flexibility index (Phi) is 3.59. The Morgan fingerprint density at radius 2 is 2.00 bits per heavy atom. The third-order valence-corrected chi connectivity index (χ3v) is 2.66. The van der Waals surface area contributed by atoms with Crippen molar-refractivity contribution in [3.8, 4) is 0 Å². The second-order valence-electron chi connectivity index (χ2n) is 3.64. The molecule has 1 aromatic carbocycles. The topological polar surface area (TPSA) is 29.9 Å². The van der Waals surface area contributed by atoms with Crippen LogP contribution in [-0.4, -0.2) is 16.8 Å². The first-order chi connectivity index (χ1) is 7.79. The van der Waals surface area contributed by atoms with Gasteiger partial charge in [0.2, 0.25) is 0 Å². The maximum absolute atomic E-state index is 5.84. The highest BCUT2D eigenvalue weighted by atomic mass is 35.5. The minimum atomic E-state index is 0.764. The van der Waals surface area contributed by atoms with Crippen LogP contribution in [0.2, 0.25) is 5.02 Å². The fourth-order valence-corrected chi connectivity index (χ4v) is 1.72. The molecule has 16 heavy (non-hydrogen) atoms. The summed E-state index contributed by atoms with van der Waals surface area (Å²) < 4.78 is 1.99. The second kappa shape index (κ2) is 5.14. The summed E-state index contributed by atoms with van der Waals surface area (Å²) in [6.07, 6.45) is 1.82. The summed E-state index contributed by atoms with van der Waals surface area (Å²) in [5, 5.41) is 8.18. The van der Waals surface area contributed by atoms with E-state index in [1.54, 1.807) is 0 Å². The van der Waals surface area contributed by atoms with E-state index in [2.05, 4.69) is 10.4 Å². The van der Waals surface area contributed by atoms with Gasteiger partial charge in [0.1, 0.15) is 0 Å². The van der Waals surface area contributed by atoms with Crippen molar-refractivity contribution in [3.05, 3.63) is 52.8 Å². The van der Waals surface area contributed by atoms with Gasteiger partial charge in [-0.3, -0.25) is 4.68 Å². The molecule has 4 heteroatoms. The first-order valence-electron chi connectivity index (χ1n) is 5.19. The number of benzene rings is 1. The molecule has 0 saturated carbocycles. The zero-order chi connectivity index (χ0) is 11.4. The molecule has 3 nitrogen and oxygen atoms in total. The van der Waals surface area contributed by atoms with Gasteiger partial charge in [-0.2, -0.15) is 5.10 Å². The molecule has 0 saturated heterocycles. The lowest BCUT2D eigenvalue weighted by atomic mass is 10.2. The predicted octanol–water partition coefficient (Wildman–Crippen LogP) is 2.30. The first-order valence-corrected chi connectivity index (χ1v) is 5.57. The molecule has 0 atom stereocenters. The third-order valence-electron chi connectivity index (χ3n) is 2.41. The molecule has 0 aliphatic rings. The van der Waals surface area contributed by atoms with Crippen LogP contribution in [0.1, 0.15) is 11.3 Å². The summed E-state index contributed by atoms with van der Waals surface area (Å²) >= 11 is 5.84. The highest BCUT2D eigenvalue weighted by molar-refractivity contribution is 6.30. The van der Waals surface area contributed by atoms with Crippen LogP contribution in [0.15, 0.2) is 36.5 Å². The summed E-state index contributed by atoms with van der Waals surface area (Å²) in [4.78, 5) is 0. The van der Waals surface area contributed by atoms with Gasteiger partial charge < -0.3 is 5.32 Å². The number of hydrogen-bond donors (Lipinski definition) is 1. The Bertz CT molecular complexity index is 448. The van der Waals surface area contributed by atoms with E-state index in [1.807, 2.05) is 48.3 Å². The lowest BCUT2D eigenvalue weighted by Gasteiger charge is -2.07. The molecule has 1 aromatic heterocycles. The molecule has 0 spiro atoms. The Balaban J connectivity index is 2.13. The standard InChI is InChI=1S/C12H14ClN3/c1-14-8-12-6-7-15-16(12)9-10-2-4-11(13)5-3-10/h2-7,14H,8-9H2,1H3. The number of halogens is 1. The SMILES string of the molecule is CNCc1ccnn1Cc1ccc(Cl)cc1. The zero-order valence-corrected chi connectivity index (χ0v) is 9.91. The minimum Gasteiger partial charge on any atom is -0.314 e. The summed E-state index contributed by atoms with van der Waals surface area (Å²) in [5.41, 5.74) is 2.38. The van der Waals surface area contributed by atoms with Crippen molar-refractivity contribution in [1.29, 1.82) is 0 Å². The van der Waals surface area contributed by atoms with Gasteiger partial charge in [-0.1, -0.05) is 23.7 Å². The Morgan fingerprint density at radius 1 is 1.25 bits per heavy atom. The van der Waals surface area contributed by atoms with Crippen molar-refractivity contribution < 1.29 is 0 Å². The largest absolute Gasteiger partial charge is 0.314 e. The van der Waals surface area contributed by atoms with Crippen molar-refractivity contribution in [2.45, 2.75) is 13.1 Å². The van der Waals surface area contributed by atoms with Crippen LogP contribution in [0.25, 0.3) is 0 Å². The van der Waals surface area contributed by atoms with Crippen LogP contribution in [0.3, 0.4) is 0 Å². The van der Waals surface area contributed by atoms with E-state index in [0.717, 1.165) is 18.1 Å². The van der Waals surface area contributed by atoms with Crippen molar-refractivity contribution in [1.82, 2.24) is 15.1 Å². The van der Waals surface area contributed by atoms with E-state index in [-0.39, 0.29) is 0 Å². The van der Waals surface area contributed by atoms with Gasteiger partial charge in [0.05, 0.1) is 12.2 Å². The first kappa shape index (κ1) is 11.2. The van der Waals surface area contributed by atoms with Gasteiger partial charge in [-0.15, -0.1) is 0 Å². The molecular weight excluding hydrogens is 222 g/mol. The van der Waals surface area contributed by atoms with Crippen LogP contribution in [0.4, 0.5) is 0 Å². The lowest BCUT2D eigenvalue weighted by Crippen LogP contribution is -2.12. The number of nitrogens with one attached hydrogen (secondary N) is 1. The summed E-state index contributed by atoms with van der Waals surface area (Å²) in [6, 6.07) is 9.86. The fourth-order valence-electron chi connectivity index (χ4n) is 1.60. The van der Waals surface area contributed by atoms with Crippen LogP contribution >= 0.6 is 11.6 Å². The van der Waals surface area contributed by atoms with E-state index in [4.69, 9.17) is 11.6 Å². The van der Waals surface area contributed by atoms with E-state index in [9.17, 15) is 0 Å². The average molecular weight is 236 g/mol. The Hall–Kier alpha value is -1.32. The molecule has 0 fully saturated rings. The number of hydrogen-bond acceptors (Lipinski definition) is 2. The maximum atomic E-state index is 5.84. The molecule has 0 aliphatic carbocycles. The van der Waals surface area contributed by atoms with Crippen molar-refractivity contribution >= 4 is 11.6 Å². The van der Waals surface area contributed by atoms with Gasteiger partial charge in [0, 0.05) is 17.8 Å². The van der Waals surface area contributed by atoms with Gasteiger partial charge in [0.15, 0.2) is 0 Å². The molecule has 2 rings (SSSR count). The maximum Gasteiger partial charge on any atom is 0.0663 e. The molecule has 0 radical (unpaired) electrons. The van der Waals surface area contributed by atoms with Gasteiger partial charge in [0.25, 0.3) is 0 Å². The Morgan fingerprint density at radius 3 is 2.69 bits per heavy atom. The molecule has 84 valence electrons. The van der Waals surface area contributed by atoms with Gasteiger partial charge in [-0.25, -0.2) is 0 Å².